The van der Waals surface area contributed by atoms with Crippen LogP contribution in [0.4, 0.5) is 0 Å². The summed E-state index contributed by atoms with van der Waals surface area (Å²) in [7, 11) is 0. The molecule has 0 unspecified atom stereocenters. The van der Waals surface area contributed by atoms with Crippen molar-refractivity contribution in [3.05, 3.63) is 21.9 Å². The van der Waals surface area contributed by atoms with Gasteiger partial charge in [0.15, 0.2) is 0 Å². The van der Waals surface area contributed by atoms with E-state index >= 15 is 0 Å². The van der Waals surface area contributed by atoms with Crippen molar-refractivity contribution in [2.75, 3.05) is 0 Å². The van der Waals surface area contributed by atoms with E-state index in [1.54, 1.807) is 0 Å². The van der Waals surface area contributed by atoms with Crippen molar-refractivity contribution in [3.8, 4) is 0 Å². The summed E-state index contributed by atoms with van der Waals surface area (Å²) in [6, 6.07) is 5.24. The largest absolute Gasteiger partial charge is 0.309 e. The minimum absolute atomic E-state index is 0.683. The van der Waals surface area contributed by atoms with Crippen molar-refractivity contribution in [1.29, 1.82) is 0 Å². The Balaban J connectivity index is 1.76. The quantitative estimate of drug-likeness (QED) is 0.819. The lowest BCUT2D eigenvalue weighted by Gasteiger charge is -2.28. The highest BCUT2D eigenvalue weighted by molar-refractivity contribution is 7.11. The summed E-state index contributed by atoms with van der Waals surface area (Å²) in [6.07, 6.45) is 8.36. The number of hydrogen-bond donors (Lipinski definition) is 1. The molecule has 0 bridgehead atoms. The average molecular weight is 251 g/mol. The molecule has 1 aromatic heterocycles. The fourth-order valence-electron chi connectivity index (χ4n) is 2.77. The Bertz CT molecular complexity index is 325. The molecule has 1 N–H and O–H groups in total. The molecule has 1 atom stereocenters. The maximum atomic E-state index is 3.72. The lowest BCUT2D eigenvalue weighted by molar-refractivity contribution is 0.281. The molecule has 0 spiro atoms. The molecule has 0 saturated heterocycles. The third kappa shape index (κ3) is 3.82. The SMILES string of the molecule is CCc1ccc(CN[C@@H](C)C2CCCCC2)s1. The van der Waals surface area contributed by atoms with E-state index in [0.717, 1.165) is 12.5 Å². The van der Waals surface area contributed by atoms with Gasteiger partial charge in [0.2, 0.25) is 0 Å². The lowest BCUT2D eigenvalue weighted by Crippen LogP contribution is -2.33. The minimum Gasteiger partial charge on any atom is -0.309 e. The molecule has 17 heavy (non-hydrogen) atoms. The van der Waals surface area contributed by atoms with Crippen LogP contribution in [0.2, 0.25) is 0 Å². The van der Waals surface area contributed by atoms with Gasteiger partial charge in [-0.2, -0.15) is 0 Å². The van der Waals surface area contributed by atoms with Crippen molar-refractivity contribution in [1.82, 2.24) is 5.32 Å². The number of rotatable bonds is 5. The number of thiophene rings is 1. The molecule has 96 valence electrons. The average Bonchev–Trinajstić information content (AvgIpc) is 2.85. The molecule has 1 heterocycles. The lowest BCUT2D eigenvalue weighted by atomic mass is 9.84. The summed E-state index contributed by atoms with van der Waals surface area (Å²) in [6.45, 7) is 5.65. The summed E-state index contributed by atoms with van der Waals surface area (Å²) in [4.78, 5) is 3.00. The molecule has 1 saturated carbocycles. The molecule has 1 nitrogen and oxygen atoms in total. The standard InChI is InChI=1S/C15H25NS/c1-3-14-9-10-15(17-14)11-16-12(2)13-7-5-4-6-8-13/h9-10,12-13,16H,3-8,11H2,1-2H3/t12-/m0/s1. The Labute approximate surface area is 110 Å². The number of aryl methyl sites for hydroxylation is 1. The molecule has 0 aliphatic heterocycles. The third-order valence-electron chi connectivity index (χ3n) is 4.02. The smallest absolute Gasteiger partial charge is 0.0302 e. The Morgan fingerprint density at radius 3 is 2.59 bits per heavy atom. The van der Waals surface area contributed by atoms with E-state index in [0.29, 0.717) is 6.04 Å². The monoisotopic (exact) mass is 251 g/mol. The Morgan fingerprint density at radius 2 is 1.94 bits per heavy atom. The summed E-state index contributed by atoms with van der Waals surface area (Å²) >= 11 is 1.96. The van der Waals surface area contributed by atoms with Gasteiger partial charge in [0, 0.05) is 22.3 Å². The van der Waals surface area contributed by atoms with Gasteiger partial charge in [-0.1, -0.05) is 26.2 Å². The van der Waals surface area contributed by atoms with E-state index in [1.165, 1.54) is 48.3 Å². The fraction of sp³-hybridized carbons (Fsp3) is 0.733. The molecule has 0 amide bonds. The van der Waals surface area contributed by atoms with Crippen LogP contribution in [0, 0.1) is 5.92 Å². The molecule has 2 rings (SSSR count). The van der Waals surface area contributed by atoms with Crippen LogP contribution in [-0.4, -0.2) is 6.04 Å². The van der Waals surface area contributed by atoms with Crippen LogP contribution in [0.1, 0.15) is 55.7 Å². The van der Waals surface area contributed by atoms with Crippen LogP contribution in [0.3, 0.4) is 0 Å². The molecule has 0 aromatic carbocycles. The topological polar surface area (TPSA) is 12.0 Å². The highest BCUT2D eigenvalue weighted by Crippen LogP contribution is 2.26. The van der Waals surface area contributed by atoms with Crippen LogP contribution in [-0.2, 0) is 13.0 Å². The van der Waals surface area contributed by atoms with Crippen molar-refractivity contribution in [2.24, 2.45) is 5.92 Å². The van der Waals surface area contributed by atoms with E-state index in [9.17, 15) is 0 Å². The Kier molecular flexibility index (Phi) is 5.05. The predicted octanol–water partition coefficient (Wildman–Crippen LogP) is 4.37. The van der Waals surface area contributed by atoms with Gasteiger partial charge in [0.25, 0.3) is 0 Å². The van der Waals surface area contributed by atoms with Crippen molar-refractivity contribution in [2.45, 2.75) is 65.0 Å². The van der Waals surface area contributed by atoms with E-state index in [-0.39, 0.29) is 0 Å². The van der Waals surface area contributed by atoms with Crippen LogP contribution < -0.4 is 5.32 Å². The predicted molar refractivity (Wildman–Crippen MR) is 76.6 cm³/mol. The molecule has 0 radical (unpaired) electrons. The molecule has 1 aliphatic carbocycles. The minimum atomic E-state index is 0.683. The Hall–Kier alpha value is -0.340. The van der Waals surface area contributed by atoms with Crippen LogP contribution in [0.25, 0.3) is 0 Å². The van der Waals surface area contributed by atoms with Gasteiger partial charge in [0.1, 0.15) is 0 Å². The second-order valence-corrected chi connectivity index (χ2v) is 6.54. The zero-order chi connectivity index (χ0) is 12.1. The van der Waals surface area contributed by atoms with Gasteiger partial charge in [-0.15, -0.1) is 11.3 Å². The zero-order valence-electron chi connectivity index (χ0n) is 11.2. The van der Waals surface area contributed by atoms with Crippen LogP contribution in [0.5, 0.6) is 0 Å². The van der Waals surface area contributed by atoms with E-state index < -0.39 is 0 Å². The van der Waals surface area contributed by atoms with E-state index in [1.807, 2.05) is 11.3 Å². The zero-order valence-corrected chi connectivity index (χ0v) is 12.0. The summed E-state index contributed by atoms with van der Waals surface area (Å²) in [5.74, 6) is 0.911. The maximum Gasteiger partial charge on any atom is 0.0302 e. The number of hydrogen-bond acceptors (Lipinski definition) is 2. The van der Waals surface area contributed by atoms with Crippen molar-refractivity contribution >= 4 is 11.3 Å². The highest BCUT2D eigenvalue weighted by atomic mass is 32.1. The van der Waals surface area contributed by atoms with Gasteiger partial charge in [0.05, 0.1) is 0 Å². The van der Waals surface area contributed by atoms with Crippen LogP contribution in [0.15, 0.2) is 12.1 Å². The molecular formula is C15H25NS. The summed E-state index contributed by atoms with van der Waals surface area (Å²) in [5.41, 5.74) is 0. The van der Waals surface area contributed by atoms with Gasteiger partial charge in [-0.3, -0.25) is 0 Å². The van der Waals surface area contributed by atoms with Gasteiger partial charge >= 0.3 is 0 Å². The van der Waals surface area contributed by atoms with Crippen molar-refractivity contribution in [3.63, 3.8) is 0 Å². The molecule has 1 fully saturated rings. The van der Waals surface area contributed by atoms with Gasteiger partial charge < -0.3 is 5.32 Å². The molecule has 1 aromatic rings. The van der Waals surface area contributed by atoms with Gasteiger partial charge in [-0.05, 0) is 44.2 Å². The second kappa shape index (κ2) is 6.55. The van der Waals surface area contributed by atoms with E-state index in [4.69, 9.17) is 0 Å². The molecular weight excluding hydrogens is 226 g/mol. The molecule has 1 aliphatic rings. The van der Waals surface area contributed by atoms with Crippen LogP contribution >= 0.6 is 11.3 Å². The first kappa shape index (κ1) is 13.1. The normalized spacial score (nSPS) is 19.4. The summed E-state index contributed by atoms with van der Waals surface area (Å²) in [5, 5.41) is 3.72. The first-order valence-electron chi connectivity index (χ1n) is 7.10. The third-order valence-corrected chi connectivity index (χ3v) is 5.25. The highest BCUT2D eigenvalue weighted by Gasteiger charge is 2.19. The maximum absolute atomic E-state index is 3.72. The van der Waals surface area contributed by atoms with Crippen molar-refractivity contribution < 1.29 is 0 Å². The first-order chi connectivity index (χ1) is 8.29. The van der Waals surface area contributed by atoms with E-state index in [2.05, 4.69) is 31.3 Å². The fourth-order valence-corrected chi connectivity index (χ4v) is 3.68. The van der Waals surface area contributed by atoms with Gasteiger partial charge in [-0.25, -0.2) is 0 Å². The second-order valence-electron chi connectivity index (χ2n) is 5.29. The number of nitrogens with one attached hydrogen (secondary N) is 1. The first-order valence-corrected chi connectivity index (χ1v) is 7.92. The summed E-state index contributed by atoms with van der Waals surface area (Å²) < 4.78 is 0. The Morgan fingerprint density at radius 1 is 1.24 bits per heavy atom. The molecule has 2 heteroatoms.